The first-order chi connectivity index (χ1) is 9.72. The Bertz CT molecular complexity index is 307. The van der Waals surface area contributed by atoms with Crippen LogP contribution < -0.4 is 10.6 Å². The van der Waals surface area contributed by atoms with Gasteiger partial charge in [0.25, 0.3) is 0 Å². The number of morpholine rings is 1. The van der Waals surface area contributed by atoms with E-state index < -0.39 is 0 Å². The maximum Gasteiger partial charge on any atom is 0.234 e. The molecule has 2 N–H and O–H groups in total. The number of carbonyl (C=O) groups is 1. The van der Waals surface area contributed by atoms with Crippen molar-refractivity contribution < 1.29 is 9.53 Å². The van der Waals surface area contributed by atoms with Gasteiger partial charge in [-0.05, 0) is 32.2 Å². The molecule has 0 saturated carbocycles. The molecule has 0 spiro atoms. The minimum atomic E-state index is 0.0913. The third-order valence-electron chi connectivity index (χ3n) is 4.47. The van der Waals surface area contributed by atoms with Crippen LogP contribution in [0.3, 0.4) is 0 Å². The fourth-order valence-electron chi connectivity index (χ4n) is 3.13. The first-order valence-corrected chi connectivity index (χ1v) is 8.08. The highest BCUT2D eigenvalue weighted by atomic mass is 16.5. The van der Waals surface area contributed by atoms with Crippen molar-refractivity contribution in [2.24, 2.45) is 0 Å². The van der Waals surface area contributed by atoms with Crippen LogP contribution in [0.4, 0.5) is 0 Å². The van der Waals surface area contributed by atoms with Crippen LogP contribution in [0.25, 0.3) is 0 Å². The molecule has 2 atom stereocenters. The molecule has 2 rings (SSSR count). The molecule has 20 heavy (non-hydrogen) atoms. The Morgan fingerprint density at radius 2 is 2.20 bits per heavy atom. The van der Waals surface area contributed by atoms with Crippen LogP contribution in [0.1, 0.15) is 39.5 Å². The summed E-state index contributed by atoms with van der Waals surface area (Å²) in [4.78, 5) is 14.3. The van der Waals surface area contributed by atoms with Gasteiger partial charge in [-0.1, -0.05) is 13.8 Å². The Kier molecular flexibility index (Phi) is 6.26. The standard InChI is InChI=1S/C15H29N3O2/c1-3-12(4-2)17-15(19)9-16-8-14-10-18-7-5-6-13(18)11-20-14/h12-14,16H,3-11H2,1-2H3,(H,17,19). The lowest BCUT2D eigenvalue weighted by molar-refractivity contribution is -0.121. The van der Waals surface area contributed by atoms with E-state index in [1.165, 1.54) is 19.4 Å². The average molecular weight is 283 g/mol. The molecule has 0 aromatic rings. The van der Waals surface area contributed by atoms with Gasteiger partial charge in [-0.2, -0.15) is 0 Å². The summed E-state index contributed by atoms with van der Waals surface area (Å²) >= 11 is 0. The highest BCUT2D eigenvalue weighted by Crippen LogP contribution is 2.22. The second-order valence-electron chi connectivity index (χ2n) is 5.96. The summed E-state index contributed by atoms with van der Waals surface area (Å²) in [6, 6.07) is 0.949. The topological polar surface area (TPSA) is 53.6 Å². The zero-order valence-corrected chi connectivity index (χ0v) is 12.9. The summed E-state index contributed by atoms with van der Waals surface area (Å²) in [6.07, 6.45) is 4.78. The van der Waals surface area contributed by atoms with Gasteiger partial charge in [0.1, 0.15) is 0 Å². The highest BCUT2D eigenvalue weighted by Gasteiger charge is 2.31. The zero-order valence-electron chi connectivity index (χ0n) is 12.9. The minimum absolute atomic E-state index is 0.0913. The normalized spacial score (nSPS) is 26.8. The first-order valence-electron chi connectivity index (χ1n) is 8.08. The largest absolute Gasteiger partial charge is 0.374 e. The van der Waals surface area contributed by atoms with Crippen LogP contribution in [0.5, 0.6) is 0 Å². The van der Waals surface area contributed by atoms with E-state index in [2.05, 4.69) is 29.4 Å². The van der Waals surface area contributed by atoms with Crippen molar-refractivity contribution in [1.82, 2.24) is 15.5 Å². The van der Waals surface area contributed by atoms with Crippen molar-refractivity contribution >= 4 is 5.91 Å². The maximum absolute atomic E-state index is 11.8. The van der Waals surface area contributed by atoms with Crippen LogP contribution in [-0.4, -0.2) is 61.8 Å². The summed E-state index contributed by atoms with van der Waals surface area (Å²) in [6.45, 7) is 8.42. The number of hydrogen-bond acceptors (Lipinski definition) is 4. The van der Waals surface area contributed by atoms with Gasteiger partial charge in [0.2, 0.25) is 5.91 Å². The number of nitrogens with zero attached hydrogens (tertiary/aromatic N) is 1. The van der Waals surface area contributed by atoms with Gasteiger partial charge in [0.05, 0.1) is 19.3 Å². The summed E-state index contributed by atoms with van der Waals surface area (Å²) in [5, 5.41) is 6.26. The molecule has 2 fully saturated rings. The maximum atomic E-state index is 11.8. The number of carbonyl (C=O) groups excluding carboxylic acids is 1. The molecule has 0 aliphatic carbocycles. The molecule has 2 saturated heterocycles. The lowest BCUT2D eigenvalue weighted by Crippen LogP contribution is -2.50. The SMILES string of the molecule is CCC(CC)NC(=O)CNCC1CN2CCCC2CO1. The summed E-state index contributed by atoms with van der Waals surface area (Å²) in [5.74, 6) is 0.0913. The van der Waals surface area contributed by atoms with Crippen LogP contribution in [0.2, 0.25) is 0 Å². The average Bonchev–Trinajstić information content (AvgIpc) is 2.92. The number of fused-ring (bicyclic) bond motifs is 1. The van der Waals surface area contributed by atoms with Gasteiger partial charge in [-0.15, -0.1) is 0 Å². The van der Waals surface area contributed by atoms with Gasteiger partial charge in [0, 0.05) is 25.2 Å². The predicted molar refractivity (Wildman–Crippen MR) is 79.7 cm³/mol. The molecule has 5 nitrogen and oxygen atoms in total. The molecule has 1 amide bonds. The van der Waals surface area contributed by atoms with Gasteiger partial charge in [0.15, 0.2) is 0 Å². The third-order valence-corrected chi connectivity index (χ3v) is 4.47. The Morgan fingerprint density at radius 3 is 2.95 bits per heavy atom. The van der Waals surface area contributed by atoms with E-state index >= 15 is 0 Å². The number of hydrogen-bond donors (Lipinski definition) is 2. The molecule has 0 aromatic heterocycles. The molecule has 5 heteroatoms. The van der Waals surface area contributed by atoms with Crippen LogP contribution >= 0.6 is 0 Å². The predicted octanol–water partition coefficient (Wildman–Crippen LogP) is 0.744. The van der Waals surface area contributed by atoms with Gasteiger partial charge < -0.3 is 15.4 Å². The molecule has 0 bridgehead atoms. The van der Waals surface area contributed by atoms with Crippen molar-refractivity contribution in [1.29, 1.82) is 0 Å². The first kappa shape index (κ1) is 15.7. The van der Waals surface area contributed by atoms with E-state index in [-0.39, 0.29) is 12.0 Å². The van der Waals surface area contributed by atoms with Crippen LogP contribution in [-0.2, 0) is 9.53 Å². The van der Waals surface area contributed by atoms with Crippen LogP contribution in [0.15, 0.2) is 0 Å². The minimum Gasteiger partial charge on any atom is -0.374 e. The summed E-state index contributed by atoms with van der Waals surface area (Å²) in [5.41, 5.74) is 0. The van der Waals surface area contributed by atoms with E-state index in [4.69, 9.17) is 4.74 Å². The zero-order chi connectivity index (χ0) is 14.4. The highest BCUT2D eigenvalue weighted by molar-refractivity contribution is 5.78. The lowest BCUT2D eigenvalue weighted by Gasteiger charge is -2.35. The lowest BCUT2D eigenvalue weighted by atomic mass is 10.2. The Hall–Kier alpha value is -0.650. The van der Waals surface area contributed by atoms with E-state index in [0.717, 1.165) is 32.5 Å². The molecular formula is C15H29N3O2. The number of amides is 1. The van der Waals surface area contributed by atoms with Crippen molar-refractivity contribution in [3.63, 3.8) is 0 Å². The van der Waals surface area contributed by atoms with Crippen molar-refractivity contribution in [3.05, 3.63) is 0 Å². The third kappa shape index (κ3) is 4.43. The second kappa shape index (κ2) is 7.96. The fourth-order valence-corrected chi connectivity index (χ4v) is 3.13. The molecule has 116 valence electrons. The van der Waals surface area contributed by atoms with Gasteiger partial charge >= 0.3 is 0 Å². The quantitative estimate of drug-likeness (QED) is 0.724. The fraction of sp³-hybridized carbons (Fsp3) is 0.933. The molecule has 2 aliphatic heterocycles. The number of ether oxygens (including phenoxy) is 1. The molecule has 2 aliphatic rings. The summed E-state index contributed by atoms with van der Waals surface area (Å²) < 4.78 is 5.86. The van der Waals surface area contributed by atoms with Gasteiger partial charge in [-0.25, -0.2) is 0 Å². The monoisotopic (exact) mass is 283 g/mol. The smallest absolute Gasteiger partial charge is 0.234 e. The number of nitrogens with one attached hydrogen (secondary N) is 2. The van der Waals surface area contributed by atoms with E-state index in [1.807, 2.05) is 0 Å². The van der Waals surface area contributed by atoms with E-state index in [1.54, 1.807) is 0 Å². The van der Waals surface area contributed by atoms with Gasteiger partial charge in [-0.3, -0.25) is 9.69 Å². The Balaban J connectivity index is 1.60. The van der Waals surface area contributed by atoms with Crippen molar-refractivity contribution in [2.45, 2.75) is 57.7 Å². The Labute approximate surface area is 122 Å². The molecule has 0 radical (unpaired) electrons. The number of rotatable bonds is 7. The molecular weight excluding hydrogens is 254 g/mol. The second-order valence-corrected chi connectivity index (χ2v) is 5.96. The van der Waals surface area contributed by atoms with E-state index in [0.29, 0.717) is 18.6 Å². The molecule has 0 aromatic carbocycles. The van der Waals surface area contributed by atoms with Crippen LogP contribution in [0, 0.1) is 0 Å². The Morgan fingerprint density at radius 1 is 1.40 bits per heavy atom. The van der Waals surface area contributed by atoms with E-state index in [9.17, 15) is 4.79 Å². The molecule has 2 heterocycles. The van der Waals surface area contributed by atoms with Crippen molar-refractivity contribution in [2.75, 3.05) is 32.8 Å². The summed E-state index contributed by atoms with van der Waals surface area (Å²) in [7, 11) is 0. The van der Waals surface area contributed by atoms with Crippen molar-refractivity contribution in [3.8, 4) is 0 Å². The molecule has 2 unspecified atom stereocenters.